The number of hydrogen-bond acceptors (Lipinski definition) is 6. The summed E-state index contributed by atoms with van der Waals surface area (Å²) in [5.74, 6) is 1.01. The van der Waals surface area contributed by atoms with Crippen molar-refractivity contribution < 1.29 is 14.3 Å². The summed E-state index contributed by atoms with van der Waals surface area (Å²) in [4.78, 5) is 12.6. The number of carbonyl (C=O) groups excluding carboxylic acids is 1. The van der Waals surface area contributed by atoms with E-state index >= 15 is 0 Å². The summed E-state index contributed by atoms with van der Waals surface area (Å²) in [7, 11) is 3.14. The molecule has 0 unspecified atom stereocenters. The molecule has 2 aromatic rings. The zero-order valence-corrected chi connectivity index (χ0v) is 17.2. The van der Waals surface area contributed by atoms with E-state index in [-0.39, 0.29) is 5.91 Å². The third-order valence-electron chi connectivity index (χ3n) is 3.69. The highest BCUT2D eigenvalue weighted by atomic mass is 35.5. The molecule has 2 aromatic carbocycles. The van der Waals surface area contributed by atoms with Gasteiger partial charge in [-0.15, -0.1) is 5.10 Å². The second-order valence-corrected chi connectivity index (χ2v) is 7.36. The van der Waals surface area contributed by atoms with Gasteiger partial charge < -0.3 is 9.47 Å². The minimum Gasteiger partial charge on any atom is -0.497 e. The Labute approximate surface area is 176 Å². The maximum absolute atomic E-state index is 12.1. The van der Waals surface area contributed by atoms with Crippen molar-refractivity contribution in [2.24, 2.45) is 10.2 Å². The first-order chi connectivity index (χ1) is 13.5. The van der Waals surface area contributed by atoms with Gasteiger partial charge in [-0.2, -0.15) is 5.10 Å². The number of rotatable bonds is 5. The number of nitrogens with zero attached hydrogens (tertiary/aromatic N) is 2. The third-order valence-corrected chi connectivity index (χ3v) is 5.15. The lowest BCUT2D eigenvalue weighted by Crippen LogP contribution is -2.19. The molecule has 9 heteroatoms. The van der Waals surface area contributed by atoms with Crippen molar-refractivity contribution in [3.63, 3.8) is 0 Å². The van der Waals surface area contributed by atoms with E-state index in [4.69, 9.17) is 32.7 Å². The van der Waals surface area contributed by atoms with E-state index in [1.807, 2.05) is 0 Å². The summed E-state index contributed by atoms with van der Waals surface area (Å²) >= 11 is 13.2. The lowest BCUT2D eigenvalue weighted by Gasteiger charge is -2.06. The molecule has 1 heterocycles. The Kier molecular flexibility index (Phi) is 6.61. The SMILES string of the molecule is COc1ccc(/C=N/N=C2/NC(=O)/C(=C\c3ccc(Cl)cc3Cl)S2)c(OC)c1. The molecule has 1 amide bonds. The Morgan fingerprint density at radius 3 is 2.57 bits per heavy atom. The van der Waals surface area contributed by atoms with Crippen LogP contribution in [0.3, 0.4) is 0 Å². The van der Waals surface area contributed by atoms with Gasteiger partial charge in [0.05, 0.1) is 25.3 Å². The molecule has 3 rings (SSSR count). The lowest BCUT2D eigenvalue weighted by molar-refractivity contribution is -0.115. The molecule has 0 saturated carbocycles. The molecule has 1 fully saturated rings. The van der Waals surface area contributed by atoms with Crippen LogP contribution in [0.1, 0.15) is 11.1 Å². The first-order valence-corrected chi connectivity index (χ1v) is 9.56. The number of benzene rings is 2. The maximum atomic E-state index is 12.1. The number of amides is 1. The molecular formula is C19H15Cl2N3O3S. The second kappa shape index (κ2) is 9.14. The normalized spacial score (nSPS) is 16.8. The Morgan fingerprint density at radius 1 is 1.07 bits per heavy atom. The molecule has 0 bridgehead atoms. The molecule has 1 aliphatic heterocycles. The predicted octanol–water partition coefficient (Wildman–Crippen LogP) is 4.60. The maximum Gasteiger partial charge on any atom is 0.264 e. The highest BCUT2D eigenvalue weighted by Crippen LogP contribution is 2.30. The van der Waals surface area contributed by atoms with Gasteiger partial charge in [0.1, 0.15) is 11.5 Å². The first-order valence-electron chi connectivity index (χ1n) is 7.99. The van der Waals surface area contributed by atoms with E-state index in [9.17, 15) is 4.79 Å². The highest BCUT2D eigenvalue weighted by molar-refractivity contribution is 8.18. The molecule has 0 aliphatic carbocycles. The van der Waals surface area contributed by atoms with Crippen molar-refractivity contribution >= 4 is 58.3 Å². The van der Waals surface area contributed by atoms with Crippen LogP contribution in [0.25, 0.3) is 6.08 Å². The minimum atomic E-state index is -0.271. The van der Waals surface area contributed by atoms with Crippen LogP contribution in [0.5, 0.6) is 11.5 Å². The number of methoxy groups -OCH3 is 2. The minimum absolute atomic E-state index is 0.271. The van der Waals surface area contributed by atoms with Crippen LogP contribution in [0, 0.1) is 0 Å². The molecule has 0 spiro atoms. The van der Waals surface area contributed by atoms with E-state index < -0.39 is 0 Å². The van der Waals surface area contributed by atoms with Crippen molar-refractivity contribution in [3.8, 4) is 11.5 Å². The molecule has 1 N–H and O–H groups in total. The zero-order valence-electron chi connectivity index (χ0n) is 14.9. The molecule has 0 atom stereocenters. The monoisotopic (exact) mass is 435 g/mol. The summed E-state index contributed by atoms with van der Waals surface area (Å²) in [6, 6.07) is 10.4. The number of ether oxygens (including phenoxy) is 2. The average molecular weight is 436 g/mol. The fourth-order valence-electron chi connectivity index (χ4n) is 2.30. The Balaban J connectivity index is 1.75. The van der Waals surface area contributed by atoms with Crippen LogP contribution < -0.4 is 14.8 Å². The Hall–Kier alpha value is -2.48. The standard InChI is InChI=1S/C19H15Cl2N3O3S/c1-26-14-6-4-12(16(9-14)27-2)10-22-24-19-23-18(25)17(28-19)7-11-3-5-13(20)8-15(11)21/h3-10H,1-2H3,(H,23,24,25)/b17-7+,22-10+. The topological polar surface area (TPSA) is 72.3 Å². The van der Waals surface area contributed by atoms with E-state index in [0.29, 0.717) is 37.2 Å². The van der Waals surface area contributed by atoms with Crippen LogP contribution in [0.2, 0.25) is 10.0 Å². The van der Waals surface area contributed by atoms with Crippen molar-refractivity contribution in [2.75, 3.05) is 14.2 Å². The largest absolute Gasteiger partial charge is 0.497 e. The van der Waals surface area contributed by atoms with Gasteiger partial charge in [0.15, 0.2) is 5.17 Å². The Morgan fingerprint density at radius 2 is 1.86 bits per heavy atom. The summed E-state index contributed by atoms with van der Waals surface area (Å²) in [6.45, 7) is 0. The van der Waals surface area contributed by atoms with E-state index in [2.05, 4.69) is 15.5 Å². The van der Waals surface area contributed by atoms with Gasteiger partial charge in [0.2, 0.25) is 0 Å². The van der Waals surface area contributed by atoms with Gasteiger partial charge in [0.25, 0.3) is 5.91 Å². The van der Waals surface area contributed by atoms with Crippen molar-refractivity contribution in [1.29, 1.82) is 0 Å². The quantitative estimate of drug-likeness (QED) is 0.422. The van der Waals surface area contributed by atoms with Crippen molar-refractivity contribution in [3.05, 3.63) is 62.5 Å². The number of nitrogens with one attached hydrogen (secondary N) is 1. The molecule has 144 valence electrons. The molecular weight excluding hydrogens is 421 g/mol. The fraction of sp³-hybridized carbons (Fsp3) is 0.105. The second-order valence-electron chi connectivity index (χ2n) is 5.49. The fourth-order valence-corrected chi connectivity index (χ4v) is 3.54. The van der Waals surface area contributed by atoms with E-state index in [0.717, 1.165) is 5.56 Å². The number of carbonyl (C=O) groups is 1. The summed E-state index contributed by atoms with van der Waals surface area (Å²) < 4.78 is 10.5. The summed E-state index contributed by atoms with van der Waals surface area (Å²) in [6.07, 6.45) is 3.22. The number of amidine groups is 1. The van der Waals surface area contributed by atoms with Crippen LogP contribution in [-0.4, -0.2) is 31.5 Å². The molecule has 6 nitrogen and oxygen atoms in total. The molecule has 1 aliphatic rings. The lowest BCUT2D eigenvalue weighted by atomic mass is 10.2. The molecule has 1 saturated heterocycles. The van der Waals surface area contributed by atoms with Crippen molar-refractivity contribution in [2.45, 2.75) is 0 Å². The highest BCUT2D eigenvalue weighted by Gasteiger charge is 2.24. The molecule has 0 aromatic heterocycles. The van der Waals surface area contributed by atoms with Gasteiger partial charge in [-0.25, -0.2) is 0 Å². The van der Waals surface area contributed by atoms with Gasteiger partial charge in [-0.3, -0.25) is 10.1 Å². The van der Waals surface area contributed by atoms with E-state index in [1.165, 1.54) is 18.0 Å². The van der Waals surface area contributed by atoms with Crippen LogP contribution in [-0.2, 0) is 4.79 Å². The number of halogens is 2. The van der Waals surface area contributed by atoms with Gasteiger partial charge in [-0.05, 0) is 47.7 Å². The van der Waals surface area contributed by atoms with Gasteiger partial charge >= 0.3 is 0 Å². The molecule has 0 radical (unpaired) electrons. The smallest absolute Gasteiger partial charge is 0.264 e. The summed E-state index contributed by atoms with van der Waals surface area (Å²) in [5.41, 5.74) is 1.42. The number of hydrogen-bond donors (Lipinski definition) is 1. The zero-order chi connectivity index (χ0) is 20.1. The summed E-state index contributed by atoms with van der Waals surface area (Å²) in [5, 5.41) is 12.1. The van der Waals surface area contributed by atoms with Crippen LogP contribution in [0.15, 0.2) is 51.5 Å². The van der Waals surface area contributed by atoms with E-state index in [1.54, 1.807) is 56.7 Å². The predicted molar refractivity (Wildman–Crippen MR) is 115 cm³/mol. The molecule has 28 heavy (non-hydrogen) atoms. The first kappa shape index (κ1) is 20.3. The number of thioether (sulfide) groups is 1. The third kappa shape index (κ3) is 4.86. The van der Waals surface area contributed by atoms with Crippen LogP contribution in [0.4, 0.5) is 0 Å². The van der Waals surface area contributed by atoms with Gasteiger partial charge in [0, 0.05) is 21.7 Å². The average Bonchev–Trinajstić information content (AvgIpc) is 3.03. The van der Waals surface area contributed by atoms with Crippen LogP contribution >= 0.6 is 35.0 Å². The van der Waals surface area contributed by atoms with Crippen molar-refractivity contribution in [1.82, 2.24) is 5.32 Å². The Bertz CT molecular complexity index is 1010. The van der Waals surface area contributed by atoms with Gasteiger partial charge in [-0.1, -0.05) is 29.3 Å².